The van der Waals surface area contributed by atoms with Crippen LogP contribution in [0.2, 0.25) is 0 Å². The Bertz CT molecular complexity index is 449. The van der Waals surface area contributed by atoms with E-state index in [9.17, 15) is 0 Å². The summed E-state index contributed by atoms with van der Waals surface area (Å²) in [5, 5.41) is 5.92. The van der Waals surface area contributed by atoms with Crippen molar-refractivity contribution >= 4 is 11.3 Å². The average molecular weight is 273 g/mol. The van der Waals surface area contributed by atoms with Crippen LogP contribution in [0.5, 0.6) is 0 Å². The van der Waals surface area contributed by atoms with Crippen molar-refractivity contribution in [2.24, 2.45) is 0 Å². The van der Waals surface area contributed by atoms with Gasteiger partial charge in [0, 0.05) is 17.0 Å². The molecule has 0 fully saturated rings. The molecule has 19 heavy (non-hydrogen) atoms. The molecule has 102 valence electrons. The van der Waals surface area contributed by atoms with Crippen molar-refractivity contribution in [3.8, 4) is 0 Å². The van der Waals surface area contributed by atoms with Crippen LogP contribution in [-0.2, 0) is 12.8 Å². The summed E-state index contributed by atoms with van der Waals surface area (Å²) in [5.41, 5.74) is 1.42. The highest BCUT2D eigenvalue weighted by Gasteiger charge is 2.11. The Balaban J connectivity index is 1.84. The summed E-state index contributed by atoms with van der Waals surface area (Å²) in [7, 11) is 0. The second-order valence-electron chi connectivity index (χ2n) is 5.15. The van der Waals surface area contributed by atoms with Gasteiger partial charge in [-0.1, -0.05) is 43.3 Å². The molecule has 0 saturated carbocycles. The molecule has 1 aromatic heterocycles. The molecule has 0 aliphatic carbocycles. The van der Waals surface area contributed by atoms with E-state index >= 15 is 0 Å². The van der Waals surface area contributed by atoms with Crippen LogP contribution in [-0.4, -0.2) is 12.1 Å². The Kier molecular flexibility index (Phi) is 5.62. The first kappa shape index (κ1) is 14.3. The van der Waals surface area contributed by atoms with Crippen molar-refractivity contribution < 1.29 is 0 Å². The molecule has 0 radical (unpaired) electrons. The van der Waals surface area contributed by atoms with E-state index in [1.165, 1.54) is 16.9 Å². The second kappa shape index (κ2) is 7.46. The van der Waals surface area contributed by atoms with Gasteiger partial charge in [0.2, 0.25) is 0 Å². The largest absolute Gasteiger partial charge is 0.311 e. The van der Waals surface area contributed by atoms with Crippen LogP contribution < -0.4 is 5.32 Å². The van der Waals surface area contributed by atoms with Crippen LogP contribution in [0.1, 0.15) is 30.7 Å². The van der Waals surface area contributed by atoms with Crippen molar-refractivity contribution in [2.75, 3.05) is 0 Å². The molecule has 2 aromatic rings. The Morgan fingerprint density at radius 3 is 2.47 bits per heavy atom. The van der Waals surface area contributed by atoms with Crippen molar-refractivity contribution in [1.82, 2.24) is 5.32 Å². The zero-order chi connectivity index (χ0) is 13.5. The first-order chi connectivity index (χ1) is 9.28. The monoisotopic (exact) mass is 273 g/mol. The molecule has 1 N–H and O–H groups in total. The molecule has 2 unspecified atom stereocenters. The van der Waals surface area contributed by atoms with Crippen LogP contribution in [0, 0.1) is 0 Å². The number of nitrogens with one attached hydrogen (secondary N) is 1. The SMILES string of the molecule is CCC(Cc1ccccc1)NC(C)Cc1cccs1. The zero-order valence-electron chi connectivity index (χ0n) is 11.8. The van der Waals surface area contributed by atoms with E-state index in [0.29, 0.717) is 12.1 Å². The van der Waals surface area contributed by atoms with E-state index in [4.69, 9.17) is 0 Å². The Morgan fingerprint density at radius 1 is 1.05 bits per heavy atom. The van der Waals surface area contributed by atoms with Gasteiger partial charge in [-0.3, -0.25) is 0 Å². The highest BCUT2D eigenvalue weighted by atomic mass is 32.1. The predicted molar refractivity (Wildman–Crippen MR) is 84.8 cm³/mol. The van der Waals surface area contributed by atoms with Crippen molar-refractivity contribution in [3.05, 3.63) is 58.3 Å². The molecule has 1 nitrogen and oxygen atoms in total. The summed E-state index contributed by atoms with van der Waals surface area (Å²) in [6.07, 6.45) is 3.42. The van der Waals surface area contributed by atoms with Gasteiger partial charge in [-0.2, -0.15) is 0 Å². The maximum Gasteiger partial charge on any atom is 0.0107 e. The molecule has 2 rings (SSSR count). The summed E-state index contributed by atoms with van der Waals surface area (Å²) in [4.78, 5) is 1.47. The minimum absolute atomic E-state index is 0.535. The van der Waals surface area contributed by atoms with Crippen LogP contribution in [0.25, 0.3) is 0 Å². The van der Waals surface area contributed by atoms with Gasteiger partial charge in [0.25, 0.3) is 0 Å². The molecule has 0 amide bonds. The number of hydrogen-bond donors (Lipinski definition) is 1. The molecular formula is C17H23NS. The molecule has 0 saturated heterocycles. The third kappa shape index (κ3) is 4.81. The average Bonchev–Trinajstić information content (AvgIpc) is 2.92. The topological polar surface area (TPSA) is 12.0 Å². The Hall–Kier alpha value is -1.12. The highest BCUT2D eigenvalue weighted by Crippen LogP contribution is 2.12. The maximum absolute atomic E-state index is 3.76. The lowest BCUT2D eigenvalue weighted by molar-refractivity contribution is 0.430. The molecule has 0 spiro atoms. The van der Waals surface area contributed by atoms with Gasteiger partial charge >= 0.3 is 0 Å². The van der Waals surface area contributed by atoms with E-state index in [1.54, 1.807) is 0 Å². The van der Waals surface area contributed by atoms with Crippen molar-refractivity contribution in [1.29, 1.82) is 0 Å². The van der Waals surface area contributed by atoms with E-state index < -0.39 is 0 Å². The van der Waals surface area contributed by atoms with E-state index in [0.717, 1.165) is 12.8 Å². The molecular weight excluding hydrogens is 250 g/mol. The van der Waals surface area contributed by atoms with Crippen LogP contribution in [0.4, 0.5) is 0 Å². The fraction of sp³-hybridized carbons (Fsp3) is 0.412. The molecule has 2 heteroatoms. The molecule has 0 aliphatic rings. The minimum Gasteiger partial charge on any atom is -0.311 e. The summed E-state index contributed by atoms with van der Waals surface area (Å²) in [5.74, 6) is 0. The zero-order valence-corrected chi connectivity index (χ0v) is 12.6. The van der Waals surface area contributed by atoms with Gasteiger partial charge < -0.3 is 5.32 Å². The predicted octanol–water partition coefficient (Wildman–Crippen LogP) is 4.29. The van der Waals surface area contributed by atoms with Gasteiger partial charge in [0.1, 0.15) is 0 Å². The van der Waals surface area contributed by atoms with Gasteiger partial charge in [-0.25, -0.2) is 0 Å². The smallest absolute Gasteiger partial charge is 0.0107 e. The summed E-state index contributed by atoms with van der Waals surface area (Å²) in [6.45, 7) is 4.55. The highest BCUT2D eigenvalue weighted by molar-refractivity contribution is 7.09. The molecule has 2 atom stereocenters. The fourth-order valence-corrected chi connectivity index (χ4v) is 3.25. The first-order valence-corrected chi connectivity index (χ1v) is 7.98. The van der Waals surface area contributed by atoms with Crippen molar-refractivity contribution in [3.63, 3.8) is 0 Å². The van der Waals surface area contributed by atoms with Gasteiger partial charge in [-0.05, 0) is 43.2 Å². The number of rotatable bonds is 7. The van der Waals surface area contributed by atoms with E-state index in [-0.39, 0.29) is 0 Å². The fourth-order valence-electron chi connectivity index (χ4n) is 2.41. The van der Waals surface area contributed by atoms with Gasteiger partial charge in [-0.15, -0.1) is 11.3 Å². The minimum atomic E-state index is 0.535. The maximum atomic E-state index is 3.76. The molecule has 1 aromatic carbocycles. The molecule has 0 aliphatic heterocycles. The lowest BCUT2D eigenvalue weighted by atomic mass is 10.0. The van der Waals surface area contributed by atoms with Crippen LogP contribution in [0.15, 0.2) is 47.8 Å². The summed E-state index contributed by atoms with van der Waals surface area (Å²) < 4.78 is 0. The normalized spacial score (nSPS) is 14.2. The quantitative estimate of drug-likeness (QED) is 0.793. The number of benzene rings is 1. The second-order valence-corrected chi connectivity index (χ2v) is 6.18. The Labute approximate surface area is 120 Å². The standard InChI is InChI=1S/C17H23NS/c1-3-16(13-15-8-5-4-6-9-15)18-14(2)12-17-10-7-11-19-17/h4-11,14,16,18H,3,12-13H2,1-2H3. The first-order valence-electron chi connectivity index (χ1n) is 7.10. The van der Waals surface area contributed by atoms with Crippen molar-refractivity contribution in [2.45, 2.75) is 45.2 Å². The van der Waals surface area contributed by atoms with E-state index in [2.05, 4.69) is 67.0 Å². The third-order valence-corrected chi connectivity index (χ3v) is 4.32. The van der Waals surface area contributed by atoms with Crippen LogP contribution >= 0.6 is 11.3 Å². The van der Waals surface area contributed by atoms with E-state index in [1.807, 2.05) is 11.3 Å². The Morgan fingerprint density at radius 2 is 1.84 bits per heavy atom. The van der Waals surface area contributed by atoms with Gasteiger partial charge in [0.15, 0.2) is 0 Å². The molecule has 0 bridgehead atoms. The number of hydrogen-bond acceptors (Lipinski definition) is 2. The number of thiophene rings is 1. The van der Waals surface area contributed by atoms with Gasteiger partial charge in [0.05, 0.1) is 0 Å². The molecule has 1 heterocycles. The lowest BCUT2D eigenvalue weighted by Gasteiger charge is -2.22. The lowest BCUT2D eigenvalue weighted by Crippen LogP contribution is -2.38. The third-order valence-electron chi connectivity index (χ3n) is 3.43. The summed E-state index contributed by atoms with van der Waals surface area (Å²) >= 11 is 1.85. The summed E-state index contributed by atoms with van der Waals surface area (Å²) in [6, 6.07) is 16.2. The van der Waals surface area contributed by atoms with Crippen LogP contribution in [0.3, 0.4) is 0 Å².